The van der Waals surface area contributed by atoms with Crippen molar-refractivity contribution in [1.82, 2.24) is 5.32 Å². The van der Waals surface area contributed by atoms with Crippen molar-refractivity contribution < 1.29 is 14.3 Å². The van der Waals surface area contributed by atoms with Gasteiger partial charge >= 0.3 is 6.09 Å². The van der Waals surface area contributed by atoms with Crippen LogP contribution in [0.5, 0.6) is 0 Å². The van der Waals surface area contributed by atoms with Crippen LogP contribution in [-0.4, -0.2) is 18.2 Å². The van der Waals surface area contributed by atoms with E-state index < -0.39 is 0 Å². The third-order valence-electron chi connectivity index (χ3n) is 3.96. The maximum atomic E-state index is 11.7. The van der Waals surface area contributed by atoms with Crippen molar-refractivity contribution in [3.63, 3.8) is 0 Å². The molecule has 23 heavy (non-hydrogen) atoms. The molecule has 0 bridgehead atoms. The van der Waals surface area contributed by atoms with E-state index in [0.717, 1.165) is 18.4 Å². The van der Waals surface area contributed by atoms with E-state index in [4.69, 9.17) is 9.47 Å². The number of hydrogen-bond donors (Lipinski definition) is 1. The molecule has 4 nitrogen and oxygen atoms in total. The van der Waals surface area contributed by atoms with E-state index in [2.05, 4.69) is 17.4 Å². The van der Waals surface area contributed by atoms with Gasteiger partial charge in [0.1, 0.15) is 6.61 Å². The fraction of sp³-hybridized carbons (Fsp3) is 0.316. The van der Waals surface area contributed by atoms with Gasteiger partial charge in [-0.25, -0.2) is 4.79 Å². The van der Waals surface area contributed by atoms with Crippen molar-refractivity contribution in [3.8, 4) is 0 Å². The molecule has 2 aromatic carbocycles. The molecular formula is C19H21NO3. The summed E-state index contributed by atoms with van der Waals surface area (Å²) in [6.45, 7) is 0.921. The predicted octanol–water partition coefficient (Wildman–Crippen LogP) is 3.66. The van der Waals surface area contributed by atoms with Gasteiger partial charge in [0.15, 0.2) is 0 Å². The fourth-order valence-electron chi connectivity index (χ4n) is 2.54. The van der Waals surface area contributed by atoms with Crippen LogP contribution in [0.15, 0.2) is 60.7 Å². The molecule has 0 spiro atoms. The number of alkyl carbamates (subject to hydrolysis) is 1. The lowest BCUT2D eigenvalue weighted by Crippen LogP contribution is -2.47. The molecule has 0 atom stereocenters. The average molecular weight is 311 g/mol. The lowest BCUT2D eigenvalue weighted by atomic mass is 9.89. The van der Waals surface area contributed by atoms with Crippen molar-refractivity contribution >= 4 is 6.09 Å². The first-order chi connectivity index (χ1) is 11.3. The Morgan fingerprint density at radius 3 is 2.09 bits per heavy atom. The topological polar surface area (TPSA) is 47.6 Å². The van der Waals surface area contributed by atoms with Crippen molar-refractivity contribution in [2.45, 2.75) is 38.2 Å². The van der Waals surface area contributed by atoms with E-state index in [-0.39, 0.29) is 18.2 Å². The molecule has 0 heterocycles. The van der Waals surface area contributed by atoms with Crippen LogP contribution in [0.4, 0.5) is 4.79 Å². The lowest BCUT2D eigenvalue weighted by Gasteiger charge is -2.35. The first kappa shape index (κ1) is 15.6. The van der Waals surface area contributed by atoms with Crippen molar-refractivity contribution in [2.75, 3.05) is 0 Å². The summed E-state index contributed by atoms with van der Waals surface area (Å²) in [6.07, 6.45) is 1.54. The second kappa shape index (κ2) is 7.79. The van der Waals surface area contributed by atoms with Crippen LogP contribution in [0.2, 0.25) is 0 Å². The van der Waals surface area contributed by atoms with Gasteiger partial charge in [-0.1, -0.05) is 60.7 Å². The number of nitrogens with one attached hydrogen (secondary N) is 1. The number of rotatable bonds is 6. The van der Waals surface area contributed by atoms with Crippen LogP contribution in [0.25, 0.3) is 0 Å². The first-order valence-corrected chi connectivity index (χ1v) is 7.92. The highest BCUT2D eigenvalue weighted by molar-refractivity contribution is 5.67. The summed E-state index contributed by atoms with van der Waals surface area (Å²) in [5.41, 5.74) is 2.16. The van der Waals surface area contributed by atoms with Crippen LogP contribution >= 0.6 is 0 Å². The summed E-state index contributed by atoms with van der Waals surface area (Å²) in [5, 5.41) is 2.87. The molecule has 4 heteroatoms. The van der Waals surface area contributed by atoms with E-state index >= 15 is 0 Å². The van der Waals surface area contributed by atoms with Gasteiger partial charge in [0.2, 0.25) is 0 Å². The zero-order valence-corrected chi connectivity index (χ0v) is 13.0. The van der Waals surface area contributed by atoms with E-state index in [1.54, 1.807) is 0 Å². The molecule has 0 aliphatic heterocycles. The van der Waals surface area contributed by atoms with Gasteiger partial charge in [-0.15, -0.1) is 0 Å². The van der Waals surface area contributed by atoms with Crippen LogP contribution in [0.1, 0.15) is 24.0 Å². The molecule has 1 amide bonds. The summed E-state index contributed by atoms with van der Waals surface area (Å²) in [7, 11) is 0. The number of carbonyl (C=O) groups excluding carboxylic acids is 1. The second-order valence-corrected chi connectivity index (χ2v) is 5.79. The van der Waals surface area contributed by atoms with Crippen LogP contribution in [-0.2, 0) is 22.7 Å². The number of benzene rings is 2. The second-order valence-electron chi connectivity index (χ2n) is 5.79. The van der Waals surface area contributed by atoms with Crippen LogP contribution in [0, 0.1) is 0 Å². The number of ether oxygens (including phenoxy) is 2. The molecule has 120 valence electrons. The number of carbonyl (C=O) groups is 1. The quantitative estimate of drug-likeness (QED) is 0.885. The van der Waals surface area contributed by atoms with E-state index in [0.29, 0.717) is 13.2 Å². The Balaban J connectivity index is 1.30. The largest absolute Gasteiger partial charge is 0.445 e. The maximum absolute atomic E-state index is 11.7. The molecule has 1 saturated carbocycles. The third-order valence-corrected chi connectivity index (χ3v) is 3.96. The Morgan fingerprint density at radius 1 is 0.913 bits per heavy atom. The fourth-order valence-corrected chi connectivity index (χ4v) is 2.54. The molecule has 2 aromatic rings. The molecule has 3 rings (SSSR count). The highest BCUT2D eigenvalue weighted by Gasteiger charge is 2.31. The molecule has 1 aliphatic carbocycles. The summed E-state index contributed by atoms with van der Waals surface area (Å²) in [4.78, 5) is 11.7. The Morgan fingerprint density at radius 2 is 1.48 bits per heavy atom. The minimum absolute atomic E-state index is 0.152. The lowest BCUT2D eigenvalue weighted by molar-refractivity contribution is -0.0263. The molecule has 0 saturated heterocycles. The SMILES string of the molecule is O=C(N[C@H]1C[C@H](OCc2ccccc2)C1)OCc1ccccc1. The molecule has 1 fully saturated rings. The monoisotopic (exact) mass is 311 g/mol. The summed E-state index contributed by atoms with van der Waals surface area (Å²) >= 11 is 0. The highest BCUT2D eigenvalue weighted by atomic mass is 16.5. The molecule has 0 aromatic heterocycles. The summed E-state index contributed by atoms with van der Waals surface area (Å²) in [6, 6.07) is 19.9. The van der Waals surface area contributed by atoms with Gasteiger partial charge in [0.25, 0.3) is 0 Å². The predicted molar refractivity (Wildman–Crippen MR) is 87.8 cm³/mol. The van der Waals surface area contributed by atoms with E-state index in [9.17, 15) is 4.79 Å². The maximum Gasteiger partial charge on any atom is 0.407 e. The van der Waals surface area contributed by atoms with Gasteiger partial charge in [-0.3, -0.25) is 0 Å². The van der Waals surface area contributed by atoms with Gasteiger partial charge in [0, 0.05) is 6.04 Å². The third kappa shape index (κ3) is 4.83. The van der Waals surface area contributed by atoms with Gasteiger partial charge < -0.3 is 14.8 Å². The number of hydrogen-bond acceptors (Lipinski definition) is 3. The van der Waals surface area contributed by atoms with Crippen molar-refractivity contribution in [3.05, 3.63) is 71.8 Å². The minimum atomic E-state index is -0.361. The molecule has 1 N–H and O–H groups in total. The zero-order chi connectivity index (χ0) is 15.9. The van der Waals surface area contributed by atoms with Crippen molar-refractivity contribution in [2.24, 2.45) is 0 Å². The minimum Gasteiger partial charge on any atom is -0.445 e. The molecule has 0 radical (unpaired) electrons. The Hall–Kier alpha value is -2.33. The molecule has 0 unspecified atom stereocenters. The van der Waals surface area contributed by atoms with Gasteiger partial charge in [-0.2, -0.15) is 0 Å². The zero-order valence-electron chi connectivity index (χ0n) is 13.0. The summed E-state index contributed by atoms with van der Waals surface area (Å²) < 4.78 is 11.0. The highest BCUT2D eigenvalue weighted by Crippen LogP contribution is 2.24. The standard InChI is InChI=1S/C19H21NO3/c21-19(23-14-16-9-5-2-6-10-16)20-17-11-18(12-17)22-13-15-7-3-1-4-8-15/h1-10,17-18H,11-14H2,(H,20,21)/t17-,18-. The molecular weight excluding hydrogens is 290 g/mol. The van der Waals surface area contributed by atoms with Crippen LogP contribution < -0.4 is 5.32 Å². The van der Waals surface area contributed by atoms with E-state index in [1.807, 2.05) is 48.5 Å². The normalized spacial score (nSPS) is 19.7. The Bertz CT molecular complexity index is 609. The van der Waals surface area contributed by atoms with Crippen molar-refractivity contribution in [1.29, 1.82) is 0 Å². The van der Waals surface area contributed by atoms with E-state index in [1.165, 1.54) is 5.56 Å². The van der Waals surface area contributed by atoms with Gasteiger partial charge in [-0.05, 0) is 24.0 Å². The molecule has 1 aliphatic rings. The Kier molecular flexibility index (Phi) is 5.27. The van der Waals surface area contributed by atoms with Gasteiger partial charge in [0.05, 0.1) is 12.7 Å². The first-order valence-electron chi connectivity index (χ1n) is 7.92. The summed E-state index contributed by atoms with van der Waals surface area (Å²) in [5.74, 6) is 0. The Labute approximate surface area is 136 Å². The van der Waals surface area contributed by atoms with Crippen LogP contribution in [0.3, 0.4) is 0 Å². The number of amides is 1. The average Bonchev–Trinajstić information content (AvgIpc) is 2.57. The smallest absolute Gasteiger partial charge is 0.407 e.